The molecule has 110 valence electrons. The molecule has 2 atom stereocenters. The molecule has 2 heterocycles. The van der Waals surface area contributed by atoms with Crippen molar-refractivity contribution in [2.75, 3.05) is 13.7 Å². The summed E-state index contributed by atoms with van der Waals surface area (Å²) in [4.78, 5) is 27.0. The maximum absolute atomic E-state index is 12.4. The molecule has 21 heavy (non-hydrogen) atoms. The summed E-state index contributed by atoms with van der Waals surface area (Å²) in [5.41, 5.74) is 3.43. The number of H-pyrrole nitrogens is 1. The first-order chi connectivity index (χ1) is 10.1. The fourth-order valence-electron chi connectivity index (χ4n) is 3.94. The highest BCUT2D eigenvalue weighted by Gasteiger charge is 2.67. The molecule has 2 fully saturated rings. The number of hydrogen-bond acceptors (Lipinski definition) is 5. The number of aromatic amines is 1. The van der Waals surface area contributed by atoms with Crippen molar-refractivity contribution in [1.29, 1.82) is 0 Å². The summed E-state index contributed by atoms with van der Waals surface area (Å²) >= 11 is 0. The van der Waals surface area contributed by atoms with Gasteiger partial charge in [-0.25, -0.2) is 9.78 Å². The molecule has 1 saturated carbocycles. The molecule has 7 heteroatoms. The lowest BCUT2D eigenvalue weighted by atomic mass is 9.80. The van der Waals surface area contributed by atoms with Crippen molar-refractivity contribution < 1.29 is 19.6 Å². The highest BCUT2D eigenvalue weighted by Crippen LogP contribution is 2.66. The Bertz CT molecular complexity index is 653. The van der Waals surface area contributed by atoms with Gasteiger partial charge in [0.1, 0.15) is 6.61 Å². The molecule has 4 rings (SSSR count). The Morgan fingerprint density at radius 1 is 1.62 bits per heavy atom. The third-order valence-electron chi connectivity index (χ3n) is 4.94. The van der Waals surface area contributed by atoms with Crippen LogP contribution in [0.5, 0.6) is 0 Å². The van der Waals surface area contributed by atoms with E-state index in [-0.39, 0.29) is 17.8 Å². The minimum atomic E-state index is -0.564. The van der Waals surface area contributed by atoms with Gasteiger partial charge < -0.3 is 14.8 Å². The Morgan fingerprint density at radius 2 is 2.43 bits per heavy atom. The summed E-state index contributed by atoms with van der Waals surface area (Å²) in [6.07, 6.45) is 2.73. The summed E-state index contributed by atoms with van der Waals surface area (Å²) < 4.78 is 0. The van der Waals surface area contributed by atoms with E-state index in [1.54, 1.807) is 12.9 Å². The van der Waals surface area contributed by atoms with Crippen LogP contribution in [0.15, 0.2) is 17.8 Å². The van der Waals surface area contributed by atoms with Crippen molar-refractivity contribution in [3.05, 3.63) is 34.8 Å². The molecular formula is C14H17BN2O4. The molecule has 0 radical (unpaired) electrons. The number of carbonyl (C=O) groups is 1. The summed E-state index contributed by atoms with van der Waals surface area (Å²) in [7, 11) is 0.895. The first kappa shape index (κ1) is 13.1. The minimum absolute atomic E-state index is 0.0347. The van der Waals surface area contributed by atoms with Gasteiger partial charge in [-0.2, -0.15) is 0 Å². The maximum atomic E-state index is 12.4. The lowest BCUT2D eigenvalue weighted by Gasteiger charge is -2.30. The van der Waals surface area contributed by atoms with Gasteiger partial charge in [-0.1, -0.05) is 0 Å². The number of fused-ring (bicyclic) bond motifs is 1. The number of rotatable bonds is 4. The van der Waals surface area contributed by atoms with E-state index in [0.717, 1.165) is 29.9 Å². The van der Waals surface area contributed by atoms with E-state index in [1.165, 1.54) is 7.11 Å². The first-order valence-corrected chi connectivity index (χ1v) is 7.17. The second-order valence-corrected chi connectivity index (χ2v) is 6.06. The minimum Gasteiger partial charge on any atom is -0.432 e. The van der Waals surface area contributed by atoms with Gasteiger partial charge in [0, 0.05) is 29.4 Å². The van der Waals surface area contributed by atoms with Crippen molar-refractivity contribution in [2.45, 2.75) is 25.3 Å². The van der Waals surface area contributed by atoms with Gasteiger partial charge in [0.15, 0.2) is 0 Å². The molecule has 1 aromatic rings. The molecule has 0 aromatic carbocycles. The van der Waals surface area contributed by atoms with Crippen molar-refractivity contribution in [3.63, 3.8) is 0 Å². The predicted molar refractivity (Wildman–Crippen MR) is 75.3 cm³/mol. The van der Waals surface area contributed by atoms with E-state index < -0.39 is 7.05 Å². The highest BCUT2D eigenvalue weighted by atomic mass is 17.2. The van der Waals surface area contributed by atoms with E-state index in [0.29, 0.717) is 11.6 Å². The monoisotopic (exact) mass is 288 g/mol. The third kappa shape index (κ3) is 1.62. The Hall–Kier alpha value is -1.57. The standard InChI is InChI=1S/C14H17BN2O4/c1-15(19)17-6-8-5-14(8)10-3-9(7-21-20-2)16-13(10)11(18)4-12(14)17/h3-4,8,16,19H,5-7H2,1-2H3. The average Bonchev–Trinajstić information content (AvgIpc) is 2.83. The van der Waals surface area contributed by atoms with E-state index in [2.05, 4.69) is 9.87 Å². The van der Waals surface area contributed by atoms with E-state index in [4.69, 9.17) is 4.89 Å². The SMILES string of the molecule is COOCc1cc2c([nH]1)C(=O)C=C1N(B(C)O)CC3CC123. The number of nitrogens with one attached hydrogen (secondary N) is 1. The normalized spacial score (nSPS) is 28.9. The van der Waals surface area contributed by atoms with Crippen molar-refractivity contribution in [3.8, 4) is 0 Å². The molecule has 0 amide bonds. The highest BCUT2D eigenvalue weighted by molar-refractivity contribution is 6.46. The fourth-order valence-corrected chi connectivity index (χ4v) is 3.94. The quantitative estimate of drug-likeness (QED) is 0.488. The molecule has 1 spiro atoms. The van der Waals surface area contributed by atoms with Gasteiger partial charge in [0.25, 0.3) is 0 Å². The van der Waals surface area contributed by atoms with Gasteiger partial charge in [-0.05, 0) is 30.8 Å². The molecule has 0 bridgehead atoms. The number of hydrogen-bond donors (Lipinski definition) is 2. The van der Waals surface area contributed by atoms with Crippen LogP contribution in [-0.4, -0.2) is 41.3 Å². The van der Waals surface area contributed by atoms with Crippen LogP contribution in [0.25, 0.3) is 0 Å². The predicted octanol–water partition coefficient (Wildman–Crippen LogP) is 0.857. The smallest absolute Gasteiger partial charge is 0.409 e. The Kier molecular flexibility index (Phi) is 2.64. The van der Waals surface area contributed by atoms with Gasteiger partial charge in [-0.3, -0.25) is 4.79 Å². The van der Waals surface area contributed by atoms with Crippen molar-refractivity contribution >= 4 is 12.8 Å². The first-order valence-electron chi connectivity index (χ1n) is 7.17. The van der Waals surface area contributed by atoms with E-state index >= 15 is 0 Å². The molecule has 1 aromatic heterocycles. The van der Waals surface area contributed by atoms with E-state index in [1.807, 2.05) is 10.9 Å². The molecule has 6 nitrogen and oxygen atoms in total. The summed E-state index contributed by atoms with van der Waals surface area (Å²) in [5, 5.41) is 9.91. The van der Waals surface area contributed by atoms with Crippen molar-refractivity contribution in [2.24, 2.45) is 5.92 Å². The summed E-state index contributed by atoms with van der Waals surface area (Å²) in [5.74, 6) is 0.449. The molecule has 3 aliphatic rings. The second-order valence-electron chi connectivity index (χ2n) is 6.06. The second kappa shape index (κ2) is 4.22. The number of ketones is 1. The molecule has 1 saturated heterocycles. The van der Waals surface area contributed by atoms with Crippen LogP contribution in [-0.2, 0) is 21.8 Å². The number of nitrogens with zero attached hydrogens (tertiary/aromatic N) is 1. The van der Waals surface area contributed by atoms with Gasteiger partial charge in [0.05, 0.1) is 12.8 Å². The Balaban J connectivity index is 1.75. The van der Waals surface area contributed by atoms with Crippen LogP contribution in [0.2, 0.25) is 6.82 Å². The summed E-state index contributed by atoms with van der Waals surface area (Å²) in [6.45, 7) is 2.84. The molecule has 1 aliphatic heterocycles. The van der Waals surface area contributed by atoms with Crippen LogP contribution < -0.4 is 0 Å². The lowest BCUT2D eigenvalue weighted by Crippen LogP contribution is -2.38. The number of carbonyl (C=O) groups excluding carboxylic acids is 1. The maximum Gasteiger partial charge on any atom is 0.409 e. The summed E-state index contributed by atoms with van der Waals surface area (Å²) in [6, 6.07) is 2.00. The van der Waals surface area contributed by atoms with Gasteiger partial charge >= 0.3 is 7.05 Å². The van der Waals surface area contributed by atoms with Crippen LogP contribution in [0.4, 0.5) is 0 Å². The van der Waals surface area contributed by atoms with Gasteiger partial charge in [0.2, 0.25) is 5.78 Å². The number of allylic oxidation sites excluding steroid dienone is 2. The fraction of sp³-hybridized carbons (Fsp3) is 0.500. The zero-order valence-electron chi connectivity index (χ0n) is 12.0. The van der Waals surface area contributed by atoms with Crippen LogP contribution in [0, 0.1) is 5.92 Å². The number of aromatic nitrogens is 1. The topological polar surface area (TPSA) is 74.8 Å². The largest absolute Gasteiger partial charge is 0.432 e. The van der Waals surface area contributed by atoms with E-state index in [9.17, 15) is 9.82 Å². The van der Waals surface area contributed by atoms with Crippen LogP contribution in [0.3, 0.4) is 0 Å². The third-order valence-corrected chi connectivity index (χ3v) is 4.94. The zero-order chi connectivity index (χ0) is 14.8. The lowest BCUT2D eigenvalue weighted by molar-refractivity contribution is -0.282. The average molecular weight is 288 g/mol. The zero-order valence-corrected chi connectivity index (χ0v) is 12.0. The molecule has 2 N–H and O–H groups in total. The van der Waals surface area contributed by atoms with Gasteiger partial charge in [-0.15, -0.1) is 0 Å². The van der Waals surface area contributed by atoms with Crippen LogP contribution in [0.1, 0.15) is 28.2 Å². The Morgan fingerprint density at radius 3 is 3.14 bits per heavy atom. The molecular weight excluding hydrogens is 271 g/mol. The molecule has 2 aliphatic carbocycles. The van der Waals surface area contributed by atoms with Crippen molar-refractivity contribution in [1.82, 2.24) is 9.79 Å². The molecule has 2 unspecified atom stereocenters. The number of piperidine rings is 1. The van der Waals surface area contributed by atoms with Crippen LogP contribution >= 0.6 is 0 Å². The Labute approximate surface area is 122 Å².